The normalized spacial score (nSPS) is 10.9. The van der Waals surface area contributed by atoms with Gasteiger partial charge in [-0.25, -0.2) is 0 Å². The van der Waals surface area contributed by atoms with Crippen LogP contribution in [0.5, 0.6) is 0 Å². The van der Waals surface area contributed by atoms with Gasteiger partial charge in [0.25, 0.3) is 5.91 Å². The Balaban J connectivity index is 3.14. The molecule has 0 fully saturated rings. The van der Waals surface area contributed by atoms with Gasteiger partial charge in [0.15, 0.2) is 0 Å². The lowest BCUT2D eigenvalue weighted by molar-refractivity contribution is -0.114. The smallest absolute Gasteiger partial charge is 0.259 e. The summed E-state index contributed by atoms with van der Waals surface area (Å²) in [5.41, 5.74) is 5.44. The van der Waals surface area contributed by atoms with Crippen molar-refractivity contribution in [3.05, 3.63) is 39.4 Å². The molecule has 0 aliphatic heterocycles. The van der Waals surface area contributed by atoms with Gasteiger partial charge in [0.2, 0.25) is 0 Å². The molecular weight excluding hydrogens is 235 g/mol. The van der Waals surface area contributed by atoms with Crippen LogP contribution in [0.2, 0.25) is 10.0 Å². The molecule has 0 radical (unpaired) electrons. The number of nitriles is 1. The number of rotatable bonds is 2. The second-order valence-electron chi connectivity index (χ2n) is 2.71. The number of amides is 1. The van der Waals surface area contributed by atoms with Gasteiger partial charge in [-0.3, -0.25) is 4.79 Å². The molecule has 0 unspecified atom stereocenters. The molecule has 2 N–H and O–H groups in total. The fraction of sp³-hybridized carbons (Fsp3) is 0. The van der Waals surface area contributed by atoms with E-state index in [2.05, 4.69) is 0 Å². The van der Waals surface area contributed by atoms with Crippen molar-refractivity contribution < 1.29 is 4.79 Å². The molecule has 0 aliphatic rings. The summed E-state index contributed by atoms with van der Waals surface area (Å²) in [5, 5.41) is 9.37. The van der Waals surface area contributed by atoms with E-state index in [4.69, 9.17) is 34.2 Å². The van der Waals surface area contributed by atoms with Crippen molar-refractivity contribution >= 4 is 35.2 Å². The Bertz CT molecular complexity index is 475. The van der Waals surface area contributed by atoms with E-state index in [0.717, 1.165) is 0 Å². The monoisotopic (exact) mass is 240 g/mol. The molecule has 5 heteroatoms. The standard InChI is InChI=1S/C10H6Cl2N2O/c11-8-2-1-6(4-9(8)12)3-7(5-13)10(14)15/h1-4H,(H2,14,15). The van der Waals surface area contributed by atoms with Crippen LogP contribution in [0, 0.1) is 11.3 Å². The second kappa shape index (κ2) is 4.83. The maximum atomic E-state index is 10.8. The van der Waals surface area contributed by atoms with Gasteiger partial charge in [0.05, 0.1) is 10.0 Å². The average molecular weight is 241 g/mol. The zero-order valence-electron chi connectivity index (χ0n) is 7.50. The fourth-order valence-electron chi connectivity index (χ4n) is 0.927. The highest BCUT2D eigenvalue weighted by molar-refractivity contribution is 6.42. The van der Waals surface area contributed by atoms with Crippen molar-refractivity contribution in [1.29, 1.82) is 5.26 Å². The van der Waals surface area contributed by atoms with Crippen LogP contribution in [0.4, 0.5) is 0 Å². The number of nitrogens with zero attached hydrogens (tertiary/aromatic N) is 1. The average Bonchev–Trinajstić information content (AvgIpc) is 2.19. The molecule has 1 aromatic carbocycles. The van der Waals surface area contributed by atoms with Crippen LogP contribution in [-0.4, -0.2) is 5.91 Å². The molecule has 0 heterocycles. The Hall–Kier alpha value is -1.50. The maximum absolute atomic E-state index is 10.8. The Labute approximate surface area is 96.7 Å². The Kier molecular flexibility index (Phi) is 3.73. The van der Waals surface area contributed by atoms with Crippen LogP contribution in [0.3, 0.4) is 0 Å². The summed E-state index contributed by atoms with van der Waals surface area (Å²) in [6, 6.07) is 6.45. The minimum atomic E-state index is -0.774. The third kappa shape index (κ3) is 2.98. The first kappa shape index (κ1) is 11.6. The van der Waals surface area contributed by atoms with Crippen LogP contribution >= 0.6 is 23.2 Å². The number of hydrogen-bond donors (Lipinski definition) is 1. The molecule has 0 saturated carbocycles. The minimum Gasteiger partial charge on any atom is -0.365 e. The summed E-state index contributed by atoms with van der Waals surface area (Å²) >= 11 is 11.5. The Morgan fingerprint density at radius 3 is 2.53 bits per heavy atom. The zero-order chi connectivity index (χ0) is 11.4. The lowest BCUT2D eigenvalue weighted by Gasteiger charge is -1.98. The van der Waals surface area contributed by atoms with Gasteiger partial charge in [-0.1, -0.05) is 29.3 Å². The minimum absolute atomic E-state index is 0.131. The molecule has 1 rings (SSSR count). The van der Waals surface area contributed by atoms with E-state index >= 15 is 0 Å². The lowest BCUT2D eigenvalue weighted by Crippen LogP contribution is -2.12. The van der Waals surface area contributed by atoms with E-state index in [1.807, 2.05) is 0 Å². The van der Waals surface area contributed by atoms with Crippen molar-refractivity contribution in [2.75, 3.05) is 0 Å². The number of carbonyl (C=O) groups is 1. The quantitative estimate of drug-likeness (QED) is 0.638. The Morgan fingerprint density at radius 2 is 2.07 bits per heavy atom. The third-order valence-electron chi connectivity index (χ3n) is 1.64. The zero-order valence-corrected chi connectivity index (χ0v) is 9.01. The highest BCUT2D eigenvalue weighted by Gasteiger charge is 2.04. The van der Waals surface area contributed by atoms with Crippen molar-refractivity contribution in [3.63, 3.8) is 0 Å². The van der Waals surface area contributed by atoms with Gasteiger partial charge in [-0.15, -0.1) is 0 Å². The highest BCUT2D eigenvalue weighted by atomic mass is 35.5. The molecule has 1 amide bonds. The number of nitrogens with two attached hydrogens (primary N) is 1. The van der Waals surface area contributed by atoms with Crippen LogP contribution in [0.1, 0.15) is 5.56 Å². The Morgan fingerprint density at radius 1 is 1.40 bits per heavy atom. The van der Waals surface area contributed by atoms with E-state index in [-0.39, 0.29) is 5.57 Å². The van der Waals surface area contributed by atoms with Gasteiger partial charge in [0.1, 0.15) is 11.6 Å². The predicted molar refractivity (Wildman–Crippen MR) is 59.2 cm³/mol. The molecule has 0 bridgehead atoms. The summed E-state index contributed by atoms with van der Waals surface area (Å²) in [4.78, 5) is 10.8. The molecule has 3 nitrogen and oxygen atoms in total. The summed E-state index contributed by atoms with van der Waals surface area (Å²) in [5.74, 6) is -0.774. The molecule has 0 saturated heterocycles. The molecular formula is C10H6Cl2N2O. The fourth-order valence-corrected chi connectivity index (χ4v) is 1.23. The number of hydrogen-bond acceptors (Lipinski definition) is 2. The topological polar surface area (TPSA) is 66.9 Å². The molecule has 0 aromatic heterocycles. The van der Waals surface area contributed by atoms with Crippen molar-refractivity contribution in [2.24, 2.45) is 5.73 Å². The van der Waals surface area contributed by atoms with E-state index in [1.165, 1.54) is 6.08 Å². The van der Waals surface area contributed by atoms with E-state index < -0.39 is 5.91 Å². The number of halogens is 2. The SMILES string of the molecule is N#CC(=Cc1ccc(Cl)c(Cl)c1)C(N)=O. The summed E-state index contributed by atoms with van der Waals surface area (Å²) < 4.78 is 0. The van der Waals surface area contributed by atoms with Gasteiger partial charge in [0, 0.05) is 0 Å². The van der Waals surface area contributed by atoms with Crippen LogP contribution < -0.4 is 5.73 Å². The van der Waals surface area contributed by atoms with Crippen molar-refractivity contribution in [3.8, 4) is 6.07 Å². The number of carbonyl (C=O) groups excluding carboxylic acids is 1. The first-order valence-corrected chi connectivity index (χ1v) is 4.67. The third-order valence-corrected chi connectivity index (χ3v) is 2.38. The number of benzene rings is 1. The largest absolute Gasteiger partial charge is 0.365 e. The van der Waals surface area contributed by atoms with E-state index in [1.54, 1.807) is 24.3 Å². The van der Waals surface area contributed by atoms with Gasteiger partial charge >= 0.3 is 0 Å². The van der Waals surface area contributed by atoms with Crippen molar-refractivity contribution in [2.45, 2.75) is 0 Å². The van der Waals surface area contributed by atoms with Crippen molar-refractivity contribution in [1.82, 2.24) is 0 Å². The van der Waals surface area contributed by atoms with Crippen LogP contribution in [-0.2, 0) is 4.79 Å². The van der Waals surface area contributed by atoms with E-state index in [9.17, 15) is 4.79 Å². The van der Waals surface area contributed by atoms with E-state index in [0.29, 0.717) is 15.6 Å². The molecule has 0 aliphatic carbocycles. The predicted octanol–water partition coefficient (Wildman–Crippen LogP) is 2.39. The summed E-state index contributed by atoms with van der Waals surface area (Å²) in [7, 11) is 0. The molecule has 76 valence electrons. The van der Waals surface area contributed by atoms with Crippen LogP contribution in [0.15, 0.2) is 23.8 Å². The maximum Gasteiger partial charge on any atom is 0.259 e. The second-order valence-corrected chi connectivity index (χ2v) is 3.52. The first-order chi connectivity index (χ1) is 7.04. The highest BCUT2D eigenvalue weighted by Crippen LogP contribution is 2.23. The van der Waals surface area contributed by atoms with Gasteiger partial charge < -0.3 is 5.73 Å². The lowest BCUT2D eigenvalue weighted by atomic mass is 10.1. The first-order valence-electron chi connectivity index (χ1n) is 3.91. The summed E-state index contributed by atoms with van der Waals surface area (Å²) in [6.07, 6.45) is 1.35. The molecule has 15 heavy (non-hydrogen) atoms. The molecule has 1 aromatic rings. The molecule has 0 spiro atoms. The number of primary amides is 1. The summed E-state index contributed by atoms with van der Waals surface area (Å²) in [6.45, 7) is 0. The van der Waals surface area contributed by atoms with Gasteiger partial charge in [-0.2, -0.15) is 5.26 Å². The van der Waals surface area contributed by atoms with Crippen LogP contribution in [0.25, 0.3) is 6.08 Å². The van der Waals surface area contributed by atoms with Gasteiger partial charge in [-0.05, 0) is 23.8 Å². The molecule has 0 atom stereocenters.